The van der Waals surface area contributed by atoms with Crippen LogP contribution in [0.3, 0.4) is 0 Å². The Morgan fingerprint density at radius 3 is 2.51 bits per heavy atom. The molecule has 5 rings (SSSR count). The van der Waals surface area contributed by atoms with Gasteiger partial charge in [0.2, 0.25) is 0 Å². The third-order valence-electron chi connectivity index (χ3n) is 6.87. The predicted molar refractivity (Wildman–Crippen MR) is 148 cm³/mol. The molecule has 1 aromatic carbocycles. The third-order valence-corrected chi connectivity index (χ3v) is 6.87. The zero-order valence-electron chi connectivity index (χ0n) is 22.7. The SMILES string of the molecule is C[C@@H]1CN(c2ccnc3c2c(-c2ccccc2F)cn3-c2cc(C#N)ccn2)[C@@H](C)CN1C(=O)OC(C)(C)C. The summed E-state index contributed by atoms with van der Waals surface area (Å²) >= 11 is 0. The highest BCUT2D eigenvalue weighted by Gasteiger charge is 2.36. The van der Waals surface area contributed by atoms with E-state index in [1.807, 2.05) is 40.0 Å². The number of pyridine rings is 2. The number of ether oxygens (including phenoxy) is 1. The number of nitriles is 1. The molecule has 8 nitrogen and oxygen atoms in total. The van der Waals surface area contributed by atoms with Gasteiger partial charge in [-0.2, -0.15) is 5.26 Å². The molecule has 3 aromatic heterocycles. The van der Waals surface area contributed by atoms with Crippen LogP contribution in [-0.2, 0) is 4.74 Å². The highest BCUT2D eigenvalue weighted by Crippen LogP contribution is 2.40. The first-order chi connectivity index (χ1) is 18.6. The summed E-state index contributed by atoms with van der Waals surface area (Å²) in [6.45, 7) is 10.7. The van der Waals surface area contributed by atoms with Gasteiger partial charge in [-0.1, -0.05) is 18.2 Å². The van der Waals surface area contributed by atoms with Crippen LogP contribution in [0.25, 0.3) is 28.0 Å². The number of benzene rings is 1. The summed E-state index contributed by atoms with van der Waals surface area (Å²) < 4.78 is 22.6. The van der Waals surface area contributed by atoms with Crippen molar-refractivity contribution in [2.24, 2.45) is 0 Å². The molecule has 1 saturated heterocycles. The summed E-state index contributed by atoms with van der Waals surface area (Å²) in [4.78, 5) is 26.1. The number of nitrogens with zero attached hydrogens (tertiary/aromatic N) is 6. The summed E-state index contributed by atoms with van der Waals surface area (Å²) in [6, 6.07) is 13.9. The monoisotopic (exact) mass is 526 g/mol. The standard InChI is InChI=1S/C30H31FN6O2/c1-19-17-36(29(38)39-30(3,4)5)20(2)16-35(19)25-11-13-34-28-27(25)23(22-8-6-7-9-24(22)31)18-37(28)26-14-21(15-32)10-12-33-26/h6-14,18-20H,16-17H2,1-5H3/t19-,20+/m0/s1. The number of fused-ring (bicyclic) bond motifs is 1. The Balaban J connectivity index is 1.64. The molecule has 1 amide bonds. The van der Waals surface area contributed by atoms with Crippen molar-refractivity contribution in [2.75, 3.05) is 18.0 Å². The second-order valence-electron chi connectivity index (χ2n) is 10.9. The molecule has 0 aliphatic carbocycles. The lowest BCUT2D eigenvalue weighted by atomic mass is 10.0. The predicted octanol–water partition coefficient (Wildman–Crippen LogP) is 5.93. The van der Waals surface area contributed by atoms with Crippen molar-refractivity contribution < 1.29 is 13.9 Å². The van der Waals surface area contributed by atoms with Crippen LogP contribution in [0.15, 0.2) is 61.1 Å². The second-order valence-corrected chi connectivity index (χ2v) is 10.9. The average Bonchev–Trinajstić information content (AvgIpc) is 3.29. The maximum absolute atomic E-state index is 15.2. The Bertz CT molecular complexity index is 1580. The van der Waals surface area contributed by atoms with Gasteiger partial charge in [0.15, 0.2) is 0 Å². The van der Waals surface area contributed by atoms with Crippen molar-refractivity contribution in [3.63, 3.8) is 0 Å². The number of hydrogen-bond donors (Lipinski definition) is 0. The molecule has 4 aromatic rings. The molecule has 1 fully saturated rings. The van der Waals surface area contributed by atoms with E-state index in [4.69, 9.17) is 4.74 Å². The normalized spacial score (nSPS) is 17.8. The van der Waals surface area contributed by atoms with Crippen LogP contribution in [0.4, 0.5) is 14.9 Å². The largest absolute Gasteiger partial charge is 0.444 e. The van der Waals surface area contributed by atoms with Gasteiger partial charge in [0.1, 0.15) is 22.9 Å². The van der Waals surface area contributed by atoms with Crippen LogP contribution >= 0.6 is 0 Å². The van der Waals surface area contributed by atoms with Gasteiger partial charge in [-0.05, 0) is 58.9 Å². The lowest BCUT2D eigenvalue weighted by molar-refractivity contribution is 0.0130. The number of anilines is 1. The number of rotatable bonds is 3. The summed E-state index contributed by atoms with van der Waals surface area (Å²) in [5.74, 6) is 0.170. The van der Waals surface area contributed by atoms with E-state index in [0.717, 1.165) is 11.1 Å². The van der Waals surface area contributed by atoms with Crippen LogP contribution in [0.5, 0.6) is 0 Å². The Labute approximate surface area is 227 Å². The van der Waals surface area contributed by atoms with Crippen molar-refractivity contribution in [2.45, 2.75) is 52.3 Å². The van der Waals surface area contributed by atoms with E-state index in [2.05, 4.69) is 27.9 Å². The first-order valence-electron chi connectivity index (χ1n) is 12.9. The summed E-state index contributed by atoms with van der Waals surface area (Å²) in [5, 5.41) is 10.2. The Kier molecular flexibility index (Phi) is 6.73. The molecule has 0 radical (unpaired) electrons. The molecule has 0 unspecified atom stereocenters. The lowest BCUT2D eigenvalue weighted by Crippen LogP contribution is -2.59. The summed E-state index contributed by atoms with van der Waals surface area (Å²) in [5.41, 5.74) is 2.48. The molecule has 0 N–H and O–H groups in total. The molecule has 39 heavy (non-hydrogen) atoms. The van der Waals surface area contributed by atoms with Gasteiger partial charge in [0, 0.05) is 54.9 Å². The van der Waals surface area contributed by atoms with Gasteiger partial charge >= 0.3 is 6.09 Å². The number of amides is 1. The van der Waals surface area contributed by atoms with Crippen molar-refractivity contribution >= 4 is 22.8 Å². The highest BCUT2D eigenvalue weighted by molar-refractivity contribution is 6.04. The average molecular weight is 527 g/mol. The molecule has 0 spiro atoms. The van der Waals surface area contributed by atoms with Gasteiger partial charge in [0.05, 0.1) is 22.7 Å². The fourth-order valence-corrected chi connectivity index (χ4v) is 5.09. The number of carbonyl (C=O) groups is 1. The number of aromatic nitrogens is 3. The van der Waals surface area contributed by atoms with Crippen LogP contribution in [-0.4, -0.2) is 56.3 Å². The first kappa shape index (κ1) is 26.2. The molecular formula is C30H31FN6O2. The number of halogens is 1. The minimum absolute atomic E-state index is 0.0452. The quantitative estimate of drug-likeness (QED) is 0.329. The molecule has 200 valence electrons. The number of piperazine rings is 1. The van der Waals surface area contributed by atoms with Crippen LogP contribution in [0.1, 0.15) is 40.2 Å². The van der Waals surface area contributed by atoms with Crippen LogP contribution in [0.2, 0.25) is 0 Å². The maximum Gasteiger partial charge on any atom is 0.410 e. The highest BCUT2D eigenvalue weighted by atomic mass is 19.1. The molecule has 2 atom stereocenters. The van der Waals surface area contributed by atoms with Crippen molar-refractivity contribution in [1.82, 2.24) is 19.4 Å². The minimum Gasteiger partial charge on any atom is -0.444 e. The Morgan fingerprint density at radius 1 is 1.05 bits per heavy atom. The topological polar surface area (TPSA) is 87.3 Å². The van der Waals surface area contributed by atoms with Gasteiger partial charge in [-0.25, -0.2) is 19.2 Å². The second kappa shape index (κ2) is 10.0. The summed E-state index contributed by atoms with van der Waals surface area (Å²) in [6.07, 6.45) is 4.80. The van der Waals surface area contributed by atoms with Crippen molar-refractivity contribution in [3.8, 4) is 23.0 Å². The van der Waals surface area contributed by atoms with Gasteiger partial charge < -0.3 is 14.5 Å². The van der Waals surface area contributed by atoms with Crippen molar-refractivity contribution in [3.05, 3.63) is 72.4 Å². The first-order valence-corrected chi connectivity index (χ1v) is 12.9. The van der Waals surface area contributed by atoms with Gasteiger partial charge in [-0.3, -0.25) is 4.57 Å². The number of carbonyl (C=O) groups excluding carboxylic acids is 1. The van der Waals surface area contributed by atoms with E-state index in [1.54, 1.807) is 52.2 Å². The molecule has 1 aliphatic rings. The maximum atomic E-state index is 15.2. The molecule has 4 heterocycles. The zero-order chi connectivity index (χ0) is 27.9. The van der Waals surface area contributed by atoms with E-state index in [1.165, 1.54) is 6.07 Å². The summed E-state index contributed by atoms with van der Waals surface area (Å²) in [7, 11) is 0. The van der Waals surface area contributed by atoms with Crippen LogP contribution in [0, 0.1) is 17.1 Å². The van der Waals surface area contributed by atoms with Gasteiger partial charge in [-0.15, -0.1) is 0 Å². The molecule has 0 bridgehead atoms. The zero-order valence-corrected chi connectivity index (χ0v) is 22.7. The third kappa shape index (κ3) is 5.02. The lowest BCUT2D eigenvalue weighted by Gasteiger charge is -2.45. The Morgan fingerprint density at radius 2 is 1.79 bits per heavy atom. The molecule has 1 aliphatic heterocycles. The molecule has 9 heteroatoms. The van der Waals surface area contributed by atoms with E-state index in [9.17, 15) is 10.1 Å². The molecular weight excluding hydrogens is 495 g/mol. The fraction of sp³-hybridized carbons (Fsp3) is 0.333. The fourth-order valence-electron chi connectivity index (χ4n) is 5.09. The van der Waals surface area contributed by atoms with Crippen LogP contribution < -0.4 is 4.90 Å². The van der Waals surface area contributed by atoms with E-state index < -0.39 is 5.60 Å². The minimum atomic E-state index is -0.580. The molecule has 0 saturated carbocycles. The van der Waals surface area contributed by atoms with E-state index in [-0.39, 0.29) is 24.0 Å². The Hall–Kier alpha value is -4.45. The smallest absolute Gasteiger partial charge is 0.410 e. The van der Waals surface area contributed by atoms with E-state index in [0.29, 0.717) is 41.2 Å². The van der Waals surface area contributed by atoms with Gasteiger partial charge in [0.25, 0.3) is 0 Å². The number of hydrogen-bond acceptors (Lipinski definition) is 6. The van der Waals surface area contributed by atoms with Crippen molar-refractivity contribution in [1.29, 1.82) is 5.26 Å². The van der Waals surface area contributed by atoms with E-state index >= 15 is 4.39 Å².